The van der Waals surface area contributed by atoms with Gasteiger partial charge in [-0.1, -0.05) is 18.2 Å². The van der Waals surface area contributed by atoms with Crippen molar-refractivity contribution >= 4 is 22.5 Å². The Balaban J connectivity index is 1.95. The predicted octanol–water partition coefficient (Wildman–Crippen LogP) is 2.34. The lowest BCUT2D eigenvalue weighted by molar-refractivity contribution is 0.102. The number of benzene rings is 1. The van der Waals surface area contributed by atoms with Gasteiger partial charge in [0.25, 0.3) is 5.91 Å². The van der Waals surface area contributed by atoms with E-state index in [1.807, 2.05) is 44.4 Å². The number of amides is 1. The first-order valence-electron chi connectivity index (χ1n) is 7.24. The van der Waals surface area contributed by atoms with E-state index < -0.39 is 0 Å². The van der Waals surface area contributed by atoms with Crippen molar-refractivity contribution in [3.8, 4) is 0 Å². The number of rotatable bonds is 4. The number of nitrogens with one attached hydrogen (secondary N) is 1. The van der Waals surface area contributed by atoms with Gasteiger partial charge in [0.15, 0.2) is 0 Å². The maximum absolute atomic E-state index is 12.3. The molecule has 1 aromatic carbocycles. The Bertz CT molecular complexity index is 833. The molecule has 0 bridgehead atoms. The molecule has 1 N–H and O–H groups in total. The van der Waals surface area contributed by atoms with Crippen LogP contribution in [0.1, 0.15) is 16.2 Å². The van der Waals surface area contributed by atoms with Crippen molar-refractivity contribution in [2.75, 3.05) is 19.4 Å². The molecular formula is C17H17N5O. The van der Waals surface area contributed by atoms with Gasteiger partial charge < -0.3 is 10.2 Å². The molecule has 1 amide bonds. The lowest BCUT2D eigenvalue weighted by Crippen LogP contribution is -2.15. The second kappa shape index (κ2) is 6.50. The van der Waals surface area contributed by atoms with Crippen LogP contribution < -0.4 is 5.32 Å². The molecule has 0 saturated heterocycles. The van der Waals surface area contributed by atoms with E-state index in [1.54, 1.807) is 0 Å². The third-order valence-corrected chi connectivity index (χ3v) is 3.30. The molecule has 6 nitrogen and oxygen atoms in total. The van der Waals surface area contributed by atoms with Gasteiger partial charge in [-0.15, -0.1) is 0 Å². The first kappa shape index (κ1) is 15.1. The topological polar surface area (TPSA) is 71.0 Å². The molecule has 0 radical (unpaired) electrons. The van der Waals surface area contributed by atoms with Crippen LogP contribution in [0.4, 0.5) is 5.69 Å². The highest BCUT2D eigenvalue weighted by Gasteiger charge is 2.11. The van der Waals surface area contributed by atoms with E-state index in [0.29, 0.717) is 5.69 Å². The number of fused-ring (bicyclic) bond motifs is 1. The van der Waals surface area contributed by atoms with Gasteiger partial charge in [-0.25, -0.2) is 9.97 Å². The lowest BCUT2D eigenvalue weighted by atomic mass is 10.1. The van der Waals surface area contributed by atoms with E-state index >= 15 is 0 Å². The highest BCUT2D eigenvalue weighted by Crippen LogP contribution is 2.22. The van der Waals surface area contributed by atoms with E-state index in [0.717, 1.165) is 23.1 Å². The fourth-order valence-corrected chi connectivity index (χ4v) is 2.30. The summed E-state index contributed by atoms with van der Waals surface area (Å²) in [7, 11) is 3.99. The average molecular weight is 307 g/mol. The minimum atomic E-state index is -0.301. The highest BCUT2D eigenvalue weighted by atomic mass is 16.1. The maximum Gasteiger partial charge on any atom is 0.275 e. The minimum Gasteiger partial charge on any atom is -0.319 e. The quantitative estimate of drug-likeness (QED) is 0.801. The number of hydrogen-bond donors (Lipinski definition) is 1. The van der Waals surface area contributed by atoms with Crippen LogP contribution in [0, 0.1) is 0 Å². The average Bonchev–Trinajstić information content (AvgIpc) is 2.55. The number of aromatic nitrogens is 3. The van der Waals surface area contributed by atoms with Gasteiger partial charge in [-0.3, -0.25) is 9.78 Å². The predicted molar refractivity (Wildman–Crippen MR) is 89.1 cm³/mol. The van der Waals surface area contributed by atoms with Crippen LogP contribution >= 0.6 is 0 Å². The van der Waals surface area contributed by atoms with Gasteiger partial charge in [0, 0.05) is 24.3 Å². The van der Waals surface area contributed by atoms with Crippen molar-refractivity contribution in [2.45, 2.75) is 6.54 Å². The summed E-state index contributed by atoms with van der Waals surface area (Å²) < 4.78 is 0. The molecule has 3 aromatic rings. The Kier molecular flexibility index (Phi) is 4.25. The monoisotopic (exact) mass is 307 g/mol. The zero-order valence-corrected chi connectivity index (χ0v) is 13.0. The Labute approximate surface area is 134 Å². The third-order valence-electron chi connectivity index (χ3n) is 3.30. The van der Waals surface area contributed by atoms with E-state index in [9.17, 15) is 4.79 Å². The van der Waals surface area contributed by atoms with Gasteiger partial charge in [0.2, 0.25) is 0 Å². The van der Waals surface area contributed by atoms with Crippen LogP contribution in [0.15, 0.2) is 48.9 Å². The number of carbonyl (C=O) groups excluding carboxylic acids is 1. The summed E-state index contributed by atoms with van der Waals surface area (Å²) in [5.74, 6) is -0.301. The van der Waals surface area contributed by atoms with Gasteiger partial charge in [0.05, 0.1) is 23.1 Å². The van der Waals surface area contributed by atoms with Crippen molar-refractivity contribution in [1.29, 1.82) is 0 Å². The largest absolute Gasteiger partial charge is 0.319 e. The van der Waals surface area contributed by atoms with Crippen molar-refractivity contribution in [3.63, 3.8) is 0 Å². The number of pyridine rings is 1. The molecule has 0 atom stereocenters. The SMILES string of the molecule is CN(C)Cc1ccc2cccc(NC(=O)c3cnccn3)c2n1. The standard InChI is InChI=1S/C17H17N5O/c1-22(2)11-13-7-6-12-4-3-5-14(16(12)20-13)21-17(23)15-10-18-8-9-19-15/h3-10H,11H2,1-2H3,(H,21,23). The van der Waals surface area contributed by atoms with Crippen LogP contribution in [0.25, 0.3) is 10.9 Å². The van der Waals surface area contributed by atoms with Gasteiger partial charge in [-0.05, 0) is 26.2 Å². The lowest BCUT2D eigenvalue weighted by Gasteiger charge is -2.12. The zero-order chi connectivity index (χ0) is 16.2. The Hall–Kier alpha value is -2.86. The van der Waals surface area contributed by atoms with Crippen LogP contribution in [-0.4, -0.2) is 39.9 Å². The second-order valence-electron chi connectivity index (χ2n) is 5.46. The van der Waals surface area contributed by atoms with Gasteiger partial charge >= 0.3 is 0 Å². The van der Waals surface area contributed by atoms with E-state index in [1.165, 1.54) is 18.6 Å². The van der Waals surface area contributed by atoms with E-state index in [-0.39, 0.29) is 11.6 Å². The summed E-state index contributed by atoms with van der Waals surface area (Å²) in [5, 5.41) is 3.84. The molecule has 116 valence electrons. The number of nitrogens with zero attached hydrogens (tertiary/aromatic N) is 4. The van der Waals surface area contributed by atoms with Crippen molar-refractivity contribution in [1.82, 2.24) is 19.9 Å². The van der Waals surface area contributed by atoms with Crippen LogP contribution in [-0.2, 0) is 6.54 Å². The third kappa shape index (κ3) is 3.49. The number of para-hydroxylation sites is 1. The fraction of sp³-hybridized carbons (Fsp3) is 0.176. The Morgan fingerprint density at radius 2 is 2.04 bits per heavy atom. The van der Waals surface area contributed by atoms with E-state index in [2.05, 4.69) is 25.2 Å². The van der Waals surface area contributed by atoms with Crippen LogP contribution in [0.5, 0.6) is 0 Å². The molecular weight excluding hydrogens is 290 g/mol. The van der Waals surface area contributed by atoms with Crippen LogP contribution in [0.3, 0.4) is 0 Å². The molecule has 0 aliphatic heterocycles. The van der Waals surface area contributed by atoms with Crippen LogP contribution in [0.2, 0.25) is 0 Å². The smallest absolute Gasteiger partial charge is 0.275 e. The first-order valence-corrected chi connectivity index (χ1v) is 7.24. The molecule has 2 aromatic heterocycles. The van der Waals surface area contributed by atoms with Gasteiger partial charge in [0.1, 0.15) is 5.69 Å². The summed E-state index contributed by atoms with van der Waals surface area (Å²) in [4.78, 5) is 26.9. The van der Waals surface area contributed by atoms with Crippen molar-refractivity contribution < 1.29 is 4.79 Å². The minimum absolute atomic E-state index is 0.272. The summed E-state index contributed by atoms with van der Waals surface area (Å²) in [6.45, 7) is 0.738. The second-order valence-corrected chi connectivity index (χ2v) is 5.46. The molecule has 23 heavy (non-hydrogen) atoms. The van der Waals surface area contributed by atoms with Gasteiger partial charge in [-0.2, -0.15) is 0 Å². The normalized spacial score (nSPS) is 10.9. The molecule has 6 heteroatoms. The summed E-state index contributed by atoms with van der Waals surface area (Å²) in [6, 6.07) is 9.71. The molecule has 0 aliphatic rings. The molecule has 2 heterocycles. The summed E-state index contributed by atoms with van der Waals surface area (Å²) in [6.07, 6.45) is 4.46. The number of anilines is 1. The van der Waals surface area contributed by atoms with Crippen molar-refractivity contribution in [3.05, 3.63) is 60.3 Å². The number of hydrogen-bond acceptors (Lipinski definition) is 5. The summed E-state index contributed by atoms with van der Waals surface area (Å²) >= 11 is 0. The Morgan fingerprint density at radius 1 is 1.17 bits per heavy atom. The maximum atomic E-state index is 12.3. The molecule has 0 aliphatic carbocycles. The molecule has 0 unspecified atom stereocenters. The molecule has 0 spiro atoms. The first-order chi connectivity index (χ1) is 11.1. The number of carbonyl (C=O) groups is 1. The molecule has 0 saturated carbocycles. The Morgan fingerprint density at radius 3 is 2.78 bits per heavy atom. The highest BCUT2D eigenvalue weighted by molar-refractivity contribution is 6.07. The molecule has 3 rings (SSSR count). The van der Waals surface area contributed by atoms with Crippen molar-refractivity contribution in [2.24, 2.45) is 0 Å². The fourth-order valence-electron chi connectivity index (χ4n) is 2.30. The molecule has 0 fully saturated rings. The zero-order valence-electron chi connectivity index (χ0n) is 13.0. The van der Waals surface area contributed by atoms with E-state index in [4.69, 9.17) is 0 Å². The summed E-state index contributed by atoms with van der Waals surface area (Å²) in [5.41, 5.74) is 2.65.